The monoisotopic (exact) mass is 786 g/mol. The third-order valence-corrected chi connectivity index (χ3v) is 10.5. The number of ether oxygens (including phenoxy) is 3. The van der Waals surface area contributed by atoms with Crippen molar-refractivity contribution in [3.05, 3.63) is 105 Å². The maximum Gasteiger partial charge on any atom is 0.335 e. The summed E-state index contributed by atoms with van der Waals surface area (Å²) < 4.78 is 18.6. The fourth-order valence-corrected chi connectivity index (χ4v) is 6.66. The molecule has 0 amide bonds. The number of hydrogen-bond donors (Lipinski definition) is 5. The van der Waals surface area contributed by atoms with Crippen molar-refractivity contribution < 1.29 is 44.2 Å². The second kappa shape index (κ2) is 18.6. The highest BCUT2D eigenvalue weighted by atomic mass is 35.5. The lowest BCUT2D eigenvalue weighted by atomic mass is 9.91. The number of piperidine rings is 1. The normalized spacial score (nSPS) is 15.0. The number of carboxylic acids is 2. The van der Waals surface area contributed by atoms with Crippen LogP contribution in [-0.4, -0.2) is 86.2 Å². The van der Waals surface area contributed by atoms with Crippen LogP contribution in [0.3, 0.4) is 0 Å². The van der Waals surface area contributed by atoms with Crippen molar-refractivity contribution >= 4 is 23.5 Å². The number of aliphatic hydroxyl groups excluding tert-OH is 1. The Morgan fingerprint density at radius 3 is 2.32 bits per heavy atom. The van der Waals surface area contributed by atoms with Gasteiger partial charge in [-0.15, -0.1) is 0 Å². The Bertz CT molecular complexity index is 2080. The highest BCUT2D eigenvalue weighted by Gasteiger charge is 2.39. The van der Waals surface area contributed by atoms with Gasteiger partial charge in [-0.1, -0.05) is 41.9 Å². The van der Waals surface area contributed by atoms with E-state index in [1.807, 2.05) is 50.2 Å². The standard InChI is InChI=1S/C42H47ClN4O9/c1-27-31(7-4-8-33(27)34-9-5-10-36(28(34)2)54-16-6-13-47-14-11-42(53,12-15-47)40(51)52)25-56-38-19-37(55-24-30-17-29(20-44)21-45-22-30)32(18-35(38)43)23-46-41(3,26-48)39(49)50/h4-5,7-10,17-19,21-22,46,48,53H,6,11-16,23-26H2,1-3H3,(H,49,50)(H,51,52). The number of likely N-dealkylation sites (tertiary alicyclic amines) is 1. The number of aliphatic hydroxyl groups is 2. The largest absolute Gasteiger partial charge is 0.493 e. The molecule has 14 heteroatoms. The van der Waals surface area contributed by atoms with Gasteiger partial charge in [0.15, 0.2) is 5.60 Å². The Hall–Kier alpha value is -5.23. The van der Waals surface area contributed by atoms with Gasteiger partial charge in [-0.25, -0.2) is 4.79 Å². The van der Waals surface area contributed by atoms with E-state index in [9.17, 15) is 35.3 Å². The van der Waals surface area contributed by atoms with Gasteiger partial charge >= 0.3 is 11.9 Å². The van der Waals surface area contributed by atoms with Gasteiger partial charge in [-0.3, -0.25) is 15.1 Å². The molecule has 56 heavy (non-hydrogen) atoms. The van der Waals surface area contributed by atoms with Crippen molar-refractivity contribution in [1.82, 2.24) is 15.2 Å². The molecule has 13 nitrogen and oxygen atoms in total. The summed E-state index contributed by atoms with van der Waals surface area (Å²) >= 11 is 6.73. The van der Waals surface area contributed by atoms with E-state index in [1.54, 1.807) is 24.4 Å². The van der Waals surface area contributed by atoms with E-state index in [-0.39, 0.29) is 37.6 Å². The molecule has 5 rings (SSSR count). The number of aromatic nitrogens is 1. The molecule has 0 saturated carbocycles. The number of nitriles is 1. The minimum absolute atomic E-state index is 0.0106. The molecule has 2 heterocycles. The van der Waals surface area contributed by atoms with Crippen molar-refractivity contribution in [1.29, 1.82) is 5.26 Å². The highest BCUT2D eigenvalue weighted by Crippen LogP contribution is 2.36. The molecule has 296 valence electrons. The third kappa shape index (κ3) is 10.1. The highest BCUT2D eigenvalue weighted by molar-refractivity contribution is 6.32. The lowest BCUT2D eigenvalue weighted by Crippen LogP contribution is -2.52. The first-order valence-corrected chi connectivity index (χ1v) is 18.7. The number of pyridine rings is 1. The number of carboxylic acid groups (broad SMARTS) is 2. The van der Waals surface area contributed by atoms with Crippen molar-refractivity contribution in [2.75, 3.05) is 32.8 Å². The fraction of sp³-hybridized carbons (Fsp3) is 0.381. The maximum absolute atomic E-state index is 11.8. The van der Waals surface area contributed by atoms with Crippen LogP contribution in [0.5, 0.6) is 17.2 Å². The average molecular weight is 787 g/mol. The van der Waals surface area contributed by atoms with E-state index in [4.69, 9.17) is 25.8 Å². The Labute approximate surface area is 331 Å². The van der Waals surface area contributed by atoms with Crippen LogP contribution in [0.1, 0.15) is 59.6 Å². The summed E-state index contributed by atoms with van der Waals surface area (Å²) in [6.45, 7) is 7.33. The minimum Gasteiger partial charge on any atom is -0.493 e. The first-order chi connectivity index (χ1) is 26.8. The zero-order valence-electron chi connectivity index (χ0n) is 31.7. The summed E-state index contributed by atoms with van der Waals surface area (Å²) in [4.78, 5) is 29.4. The first-order valence-electron chi connectivity index (χ1n) is 18.3. The number of nitrogens with one attached hydrogen (secondary N) is 1. The minimum atomic E-state index is -1.63. The molecule has 0 aliphatic carbocycles. The molecule has 1 unspecified atom stereocenters. The maximum atomic E-state index is 11.8. The molecule has 4 aromatic rings. The molecule has 5 N–H and O–H groups in total. The van der Waals surface area contributed by atoms with Gasteiger partial charge in [0, 0.05) is 55.8 Å². The van der Waals surface area contributed by atoms with Crippen LogP contribution in [0.2, 0.25) is 5.02 Å². The van der Waals surface area contributed by atoms with Crippen LogP contribution in [-0.2, 0) is 29.3 Å². The predicted octanol–water partition coefficient (Wildman–Crippen LogP) is 5.65. The molecule has 3 aromatic carbocycles. The summed E-state index contributed by atoms with van der Waals surface area (Å²) in [5.41, 5.74) is 3.28. The zero-order chi connectivity index (χ0) is 40.5. The Morgan fingerprint density at radius 1 is 0.946 bits per heavy atom. The molecular weight excluding hydrogens is 740 g/mol. The van der Waals surface area contributed by atoms with Gasteiger partial charge in [0.2, 0.25) is 0 Å². The van der Waals surface area contributed by atoms with Crippen molar-refractivity contribution in [2.24, 2.45) is 0 Å². The third-order valence-electron chi connectivity index (χ3n) is 10.3. The summed E-state index contributed by atoms with van der Waals surface area (Å²) in [5, 5.41) is 51.3. The van der Waals surface area contributed by atoms with Gasteiger partial charge in [0.25, 0.3) is 0 Å². The molecule has 1 aromatic heterocycles. The molecule has 1 aliphatic heterocycles. The number of rotatable bonds is 18. The summed E-state index contributed by atoms with van der Waals surface area (Å²) in [5.74, 6) is -0.896. The van der Waals surface area contributed by atoms with E-state index in [0.29, 0.717) is 47.9 Å². The Kier molecular flexibility index (Phi) is 13.9. The van der Waals surface area contributed by atoms with E-state index in [1.165, 1.54) is 13.1 Å². The quantitative estimate of drug-likeness (QED) is 0.0777. The van der Waals surface area contributed by atoms with Crippen LogP contribution < -0.4 is 19.5 Å². The molecule has 0 spiro atoms. The topological polar surface area (TPSA) is 195 Å². The van der Waals surface area contributed by atoms with Crippen LogP contribution in [0.25, 0.3) is 11.1 Å². The van der Waals surface area contributed by atoms with E-state index < -0.39 is 29.7 Å². The van der Waals surface area contributed by atoms with Crippen molar-refractivity contribution in [3.63, 3.8) is 0 Å². The van der Waals surface area contributed by atoms with Crippen molar-refractivity contribution in [2.45, 2.75) is 70.9 Å². The van der Waals surface area contributed by atoms with Crippen LogP contribution >= 0.6 is 11.6 Å². The Balaban J connectivity index is 1.28. The lowest BCUT2D eigenvalue weighted by molar-refractivity contribution is -0.163. The number of benzene rings is 3. The fourth-order valence-electron chi connectivity index (χ4n) is 6.42. The van der Waals surface area contributed by atoms with Gasteiger partial charge < -0.3 is 39.5 Å². The summed E-state index contributed by atoms with van der Waals surface area (Å²) in [7, 11) is 0. The number of aliphatic carboxylic acids is 2. The molecule has 1 fully saturated rings. The lowest BCUT2D eigenvalue weighted by Gasteiger charge is -2.35. The van der Waals surface area contributed by atoms with Gasteiger partial charge in [0.1, 0.15) is 42.1 Å². The van der Waals surface area contributed by atoms with Gasteiger partial charge in [-0.2, -0.15) is 5.26 Å². The van der Waals surface area contributed by atoms with Crippen LogP contribution in [0, 0.1) is 25.2 Å². The van der Waals surface area contributed by atoms with Gasteiger partial charge in [0.05, 0.1) is 23.8 Å². The predicted molar refractivity (Wildman–Crippen MR) is 209 cm³/mol. The molecule has 0 bridgehead atoms. The second-order valence-electron chi connectivity index (χ2n) is 14.2. The second-order valence-corrected chi connectivity index (χ2v) is 14.6. The molecular formula is C42H47ClN4O9. The zero-order valence-corrected chi connectivity index (χ0v) is 32.4. The molecule has 0 radical (unpaired) electrons. The first kappa shape index (κ1) is 41.9. The number of carbonyl (C=O) groups is 2. The van der Waals surface area contributed by atoms with E-state index in [2.05, 4.69) is 21.3 Å². The smallest absolute Gasteiger partial charge is 0.335 e. The SMILES string of the molecule is Cc1c(COc2cc(OCc3cncc(C#N)c3)c(CNC(C)(CO)C(=O)O)cc2Cl)cccc1-c1cccc(OCCCN2CCC(O)(C(=O)O)CC2)c1C. The number of nitrogens with zero attached hydrogens (tertiary/aromatic N) is 3. The van der Waals surface area contributed by atoms with Crippen molar-refractivity contribution in [3.8, 4) is 34.4 Å². The summed E-state index contributed by atoms with van der Waals surface area (Å²) in [6.07, 6.45) is 4.21. The Morgan fingerprint density at radius 2 is 1.64 bits per heavy atom. The molecule has 1 aliphatic rings. The molecule has 1 atom stereocenters. The van der Waals surface area contributed by atoms with Gasteiger partial charge in [-0.05, 0) is 86.1 Å². The summed E-state index contributed by atoms with van der Waals surface area (Å²) in [6, 6.07) is 18.9. The van der Waals surface area contributed by atoms with E-state index >= 15 is 0 Å². The average Bonchev–Trinajstić information content (AvgIpc) is 3.19. The number of halogens is 1. The van der Waals surface area contributed by atoms with Crippen LogP contribution in [0.4, 0.5) is 0 Å². The van der Waals surface area contributed by atoms with Crippen LogP contribution in [0.15, 0.2) is 67.0 Å². The number of hydrogen-bond acceptors (Lipinski definition) is 11. The van der Waals surface area contributed by atoms with E-state index in [0.717, 1.165) is 46.5 Å². The molecule has 1 saturated heterocycles.